The van der Waals surface area contributed by atoms with Gasteiger partial charge in [0.15, 0.2) is 0 Å². The van der Waals surface area contributed by atoms with Crippen LogP contribution in [0, 0.1) is 0 Å². The van der Waals surface area contributed by atoms with Crippen LogP contribution in [0.25, 0.3) is 0 Å². The summed E-state index contributed by atoms with van der Waals surface area (Å²) in [4.78, 5) is 13.9. The van der Waals surface area contributed by atoms with Crippen LogP contribution < -0.4 is 0 Å². The molecule has 1 fully saturated rings. The molecule has 0 aliphatic carbocycles. The third-order valence-electron chi connectivity index (χ3n) is 3.12. The van der Waals surface area contributed by atoms with Gasteiger partial charge in [0.25, 0.3) is 0 Å². The topological polar surface area (TPSA) is 49.8 Å². The highest BCUT2D eigenvalue weighted by Gasteiger charge is 2.35. The van der Waals surface area contributed by atoms with Gasteiger partial charge in [0.05, 0.1) is 12.6 Å². The Balaban J connectivity index is 2.81. The SMILES string of the molecule is C=CCC1CCCC(CO)N1C(=O)OC(C)(C)C. The average molecular weight is 255 g/mol. The number of carbonyl (C=O) groups excluding carboxylic acids is 1. The number of nitrogens with zero attached hydrogens (tertiary/aromatic N) is 1. The Morgan fingerprint density at radius 2 is 2.06 bits per heavy atom. The molecule has 0 saturated carbocycles. The first kappa shape index (κ1) is 15.0. The second-order valence-electron chi connectivity index (χ2n) is 5.83. The smallest absolute Gasteiger partial charge is 0.410 e. The van der Waals surface area contributed by atoms with Gasteiger partial charge in [0.1, 0.15) is 5.60 Å². The molecule has 1 saturated heterocycles. The first-order chi connectivity index (χ1) is 8.39. The standard InChI is InChI=1S/C14H25NO3/c1-5-7-11-8-6-9-12(10-16)15(11)13(17)18-14(2,3)4/h5,11-12,16H,1,6-10H2,2-4H3. The van der Waals surface area contributed by atoms with Crippen molar-refractivity contribution in [2.24, 2.45) is 0 Å². The van der Waals surface area contributed by atoms with E-state index in [4.69, 9.17) is 4.74 Å². The van der Waals surface area contributed by atoms with E-state index in [9.17, 15) is 9.90 Å². The molecule has 0 radical (unpaired) electrons. The van der Waals surface area contributed by atoms with Crippen LogP contribution in [0.15, 0.2) is 12.7 Å². The average Bonchev–Trinajstić information content (AvgIpc) is 2.26. The number of aliphatic hydroxyl groups is 1. The van der Waals surface area contributed by atoms with E-state index in [1.807, 2.05) is 26.8 Å². The molecule has 1 heterocycles. The summed E-state index contributed by atoms with van der Waals surface area (Å²) in [5.41, 5.74) is -0.507. The van der Waals surface area contributed by atoms with Crippen LogP contribution in [-0.4, -0.2) is 40.4 Å². The van der Waals surface area contributed by atoms with E-state index in [0.717, 1.165) is 25.7 Å². The molecule has 0 aromatic rings. The minimum atomic E-state index is -0.507. The summed E-state index contributed by atoms with van der Waals surface area (Å²) in [6, 6.07) is -0.0261. The van der Waals surface area contributed by atoms with Crippen LogP contribution in [0.2, 0.25) is 0 Å². The first-order valence-electron chi connectivity index (χ1n) is 6.62. The number of ether oxygens (including phenoxy) is 1. The van der Waals surface area contributed by atoms with Crippen molar-refractivity contribution in [2.75, 3.05) is 6.61 Å². The van der Waals surface area contributed by atoms with E-state index >= 15 is 0 Å². The Morgan fingerprint density at radius 3 is 2.56 bits per heavy atom. The largest absolute Gasteiger partial charge is 0.444 e. The summed E-state index contributed by atoms with van der Waals surface area (Å²) < 4.78 is 5.43. The fourth-order valence-corrected chi connectivity index (χ4v) is 2.38. The first-order valence-corrected chi connectivity index (χ1v) is 6.62. The summed E-state index contributed by atoms with van der Waals surface area (Å²) in [5.74, 6) is 0. The van der Waals surface area contributed by atoms with E-state index in [1.54, 1.807) is 4.90 Å². The van der Waals surface area contributed by atoms with Crippen LogP contribution in [-0.2, 0) is 4.74 Å². The van der Waals surface area contributed by atoms with Crippen LogP contribution >= 0.6 is 0 Å². The molecular formula is C14H25NO3. The van der Waals surface area contributed by atoms with Gasteiger partial charge in [0.2, 0.25) is 0 Å². The number of hydrogen-bond acceptors (Lipinski definition) is 3. The van der Waals surface area contributed by atoms with Gasteiger partial charge < -0.3 is 9.84 Å². The molecule has 4 heteroatoms. The Bertz CT molecular complexity index is 296. The minimum Gasteiger partial charge on any atom is -0.444 e. The van der Waals surface area contributed by atoms with Crippen molar-refractivity contribution in [3.63, 3.8) is 0 Å². The van der Waals surface area contributed by atoms with Crippen molar-refractivity contribution < 1.29 is 14.6 Å². The van der Waals surface area contributed by atoms with Crippen LogP contribution in [0.5, 0.6) is 0 Å². The molecular weight excluding hydrogens is 230 g/mol. The van der Waals surface area contributed by atoms with Gasteiger partial charge >= 0.3 is 6.09 Å². The Hall–Kier alpha value is -1.03. The monoisotopic (exact) mass is 255 g/mol. The molecule has 2 atom stereocenters. The van der Waals surface area contributed by atoms with E-state index in [-0.39, 0.29) is 24.8 Å². The zero-order chi connectivity index (χ0) is 13.8. The highest BCUT2D eigenvalue weighted by atomic mass is 16.6. The van der Waals surface area contributed by atoms with Gasteiger partial charge in [-0.1, -0.05) is 6.08 Å². The zero-order valence-corrected chi connectivity index (χ0v) is 11.7. The maximum Gasteiger partial charge on any atom is 0.410 e. The van der Waals surface area contributed by atoms with Gasteiger partial charge in [-0.2, -0.15) is 0 Å². The number of aliphatic hydroxyl groups excluding tert-OH is 1. The number of hydrogen-bond donors (Lipinski definition) is 1. The van der Waals surface area contributed by atoms with Gasteiger partial charge in [-0.25, -0.2) is 4.79 Å². The number of likely N-dealkylation sites (tertiary alicyclic amines) is 1. The predicted molar refractivity (Wildman–Crippen MR) is 71.4 cm³/mol. The fraction of sp³-hybridized carbons (Fsp3) is 0.786. The van der Waals surface area contributed by atoms with Crippen LogP contribution in [0.1, 0.15) is 46.5 Å². The van der Waals surface area contributed by atoms with Gasteiger partial charge in [0, 0.05) is 6.04 Å². The molecule has 18 heavy (non-hydrogen) atoms. The van der Waals surface area contributed by atoms with Crippen LogP contribution in [0.3, 0.4) is 0 Å². The highest BCUT2D eigenvalue weighted by Crippen LogP contribution is 2.27. The summed E-state index contributed by atoms with van der Waals surface area (Å²) in [6.07, 6.45) is 5.05. The number of carbonyl (C=O) groups is 1. The lowest BCUT2D eigenvalue weighted by atomic mass is 9.94. The third-order valence-corrected chi connectivity index (χ3v) is 3.12. The van der Waals surface area contributed by atoms with Crippen LogP contribution in [0.4, 0.5) is 4.79 Å². The third kappa shape index (κ3) is 4.02. The van der Waals surface area contributed by atoms with Gasteiger partial charge in [-0.3, -0.25) is 4.90 Å². The zero-order valence-electron chi connectivity index (χ0n) is 11.7. The Labute approximate surface area is 110 Å². The molecule has 0 aromatic heterocycles. The molecule has 2 unspecified atom stereocenters. The maximum absolute atomic E-state index is 12.2. The molecule has 0 bridgehead atoms. The Kier molecular flexibility index (Phi) is 5.20. The molecule has 1 rings (SSSR count). The number of amides is 1. The van der Waals surface area contributed by atoms with E-state index < -0.39 is 5.60 Å². The lowest BCUT2D eigenvalue weighted by Gasteiger charge is -2.41. The summed E-state index contributed by atoms with van der Waals surface area (Å²) >= 11 is 0. The van der Waals surface area contributed by atoms with Crippen molar-refractivity contribution in [1.82, 2.24) is 4.90 Å². The second-order valence-corrected chi connectivity index (χ2v) is 5.83. The second kappa shape index (κ2) is 6.23. The minimum absolute atomic E-state index is 0.00706. The summed E-state index contributed by atoms with van der Waals surface area (Å²) in [6.45, 7) is 9.28. The van der Waals surface area contributed by atoms with E-state index in [1.165, 1.54) is 0 Å². The summed E-state index contributed by atoms with van der Waals surface area (Å²) in [5, 5.41) is 9.42. The van der Waals surface area contributed by atoms with Crippen molar-refractivity contribution in [1.29, 1.82) is 0 Å². The van der Waals surface area contributed by atoms with Gasteiger partial charge in [-0.15, -0.1) is 6.58 Å². The van der Waals surface area contributed by atoms with Crippen molar-refractivity contribution in [3.8, 4) is 0 Å². The van der Waals surface area contributed by atoms with Crippen molar-refractivity contribution >= 4 is 6.09 Å². The normalized spacial score (nSPS) is 24.8. The molecule has 1 aliphatic heterocycles. The predicted octanol–water partition coefficient (Wildman–Crippen LogP) is 2.71. The molecule has 1 N–H and O–H groups in total. The Morgan fingerprint density at radius 1 is 1.44 bits per heavy atom. The van der Waals surface area contributed by atoms with Crippen molar-refractivity contribution in [2.45, 2.75) is 64.1 Å². The molecule has 0 aromatic carbocycles. The number of piperidine rings is 1. The summed E-state index contributed by atoms with van der Waals surface area (Å²) in [7, 11) is 0. The number of rotatable bonds is 3. The van der Waals surface area contributed by atoms with E-state index in [2.05, 4.69) is 6.58 Å². The van der Waals surface area contributed by atoms with Crippen molar-refractivity contribution in [3.05, 3.63) is 12.7 Å². The molecule has 4 nitrogen and oxygen atoms in total. The maximum atomic E-state index is 12.2. The van der Waals surface area contributed by atoms with E-state index in [0.29, 0.717) is 0 Å². The molecule has 1 aliphatic rings. The lowest BCUT2D eigenvalue weighted by Crippen LogP contribution is -2.52. The molecule has 0 spiro atoms. The lowest BCUT2D eigenvalue weighted by molar-refractivity contribution is -0.0145. The molecule has 104 valence electrons. The van der Waals surface area contributed by atoms with Gasteiger partial charge in [-0.05, 0) is 46.5 Å². The quantitative estimate of drug-likeness (QED) is 0.789. The molecule has 1 amide bonds. The highest BCUT2D eigenvalue weighted by molar-refractivity contribution is 5.69. The fourth-order valence-electron chi connectivity index (χ4n) is 2.38.